The molecular weight excluding hydrogens is 256 g/mol. The van der Waals surface area contributed by atoms with Crippen molar-refractivity contribution in [3.8, 4) is 0 Å². The lowest BCUT2D eigenvalue weighted by Crippen LogP contribution is -2.41. The molecule has 0 aromatic heterocycles. The van der Waals surface area contributed by atoms with E-state index in [0.717, 1.165) is 12.1 Å². The Hall–Kier alpha value is -1.14. The van der Waals surface area contributed by atoms with E-state index in [1.54, 1.807) is 26.4 Å². The number of hydrogen-bond donors (Lipinski definition) is 2. The number of benzene rings is 1. The zero-order chi connectivity index (χ0) is 15.0. The maximum Gasteiger partial charge on any atom is 0.0917 e. The van der Waals surface area contributed by atoms with Crippen molar-refractivity contribution in [2.24, 2.45) is 0 Å². The quantitative estimate of drug-likeness (QED) is 0.668. The van der Waals surface area contributed by atoms with E-state index in [4.69, 9.17) is 15.2 Å². The molecule has 0 bridgehead atoms. The lowest BCUT2D eigenvalue weighted by atomic mass is 10.1. The molecular formula is C15H26N2O3. The molecule has 2 unspecified atom stereocenters. The predicted octanol–water partition coefficient (Wildman–Crippen LogP) is 1.29. The molecule has 5 nitrogen and oxygen atoms in total. The van der Waals surface area contributed by atoms with E-state index in [9.17, 15) is 5.11 Å². The number of hydrogen-bond acceptors (Lipinski definition) is 5. The Bertz CT molecular complexity index is 370. The van der Waals surface area contributed by atoms with E-state index < -0.39 is 6.10 Å². The Kier molecular flexibility index (Phi) is 7.54. The predicted molar refractivity (Wildman–Crippen MR) is 80.6 cm³/mol. The molecule has 0 aliphatic heterocycles. The molecule has 0 saturated heterocycles. The van der Waals surface area contributed by atoms with E-state index in [1.807, 2.05) is 12.1 Å². The maximum absolute atomic E-state index is 10.3. The van der Waals surface area contributed by atoms with Gasteiger partial charge in [0.05, 0.1) is 19.3 Å². The average Bonchev–Trinajstić information content (AvgIpc) is 2.44. The number of aliphatic hydroxyl groups is 1. The highest BCUT2D eigenvalue weighted by Gasteiger charge is 2.18. The highest BCUT2D eigenvalue weighted by molar-refractivity contribution is 5.39. The van der Waals surface area contributed by atoms with Crippen LogP contribution >= 0.6 is 0 Å². The van der Waals surface area contributed by atoms with Crippen molar-refractivity contribution in [3.05, 3.63) is 29.8 Å². The van der Waals surface area contributed by atoms with E-state index >= 15 is 0 Å². The third-order valence-corrected chi connectivity index (χ3v) is 3.34. The molecule has 3 N–H and O–H groups in total. The number of nitrogens with zero attached hydrogens (tertiary/aromatic N) is 1. The number of nitrogen functional groups attached to an aromatic ring is 1. The average molecular weight is 282 g/mol. The van der Waals surface area contributed by atoms with Crippen molar-refractivity contribution in [1.82, 2.24) is 4.90 Å². The molecule has 114 valence electrons. The van der Waals surface area contributed by atoms with Crippen LogP contribution in [0.3, 0.4) is 0 Å². The van der Waals surface area contributed by atoms with Crippen molar-refractivity contribution in [2.45, 2.75) is 19.1 Å². The minimum absolute atomic E-state index is 0.221. The molecule has 20 heavy (non-hydrogen) atoms. The van der Waals surface area contributed by atoms with Gasteiger partial charge in [0.1, 0.15) is 0 Å². The Morgan fingerprint density at radius 2 is 1.85 bits per heavy atom. The minimum Gasteiger partial charge on any atom is -0.399 e. The molecule has 1 rings (SSSR count). The van der Waals surface area contributed by atoms with Crippen LogP contribution in [0.25, 0.3) is 0 Å². The molecule has 0 spiro atoms. The zero-order valence-corrected chi connectivity index (χ0v) is 12.6. The Morgan fingerprint density at radius 1 is 1.20 bits per heavy atom. The monoisotopic (exact) mass is 282 g/mol. The Balaban J connectivity index is 2.64. The van der Waals surface area contributed by atoms with Crippen LogP contribution in [-0.4, -0.2) is 56.6 Å². The summed E-state index contributed by atoms with van der Waals surface area (Å²) in [5.74, 6) is 0. The van der Waals surface area contributed by atoms with Crippen molar-refractivity contribution in [3.63, 3.8) is 0 Å². The minimum atomic E-state index is -0.549. The van der Waals surface area contributed by atoms with Crippen LogP contribution in [0.15, 0.2) is 24.3 Å². The van der Waals surface area contributed by atoms with Gasteiger partial charge < -0.3 is 20.3 Å². The third kappa shape index (κ3) is 5.46. The van der Waals surface area contributed by atoms with Gasteiger partial charge in [0, 0.05) is 39.0 Å². The zero-order valence-electron chi connectivity index (χ0n) is 12.6. The number of aliphatic hydroxyl groups excluding tert-OH is 1. The fraction of sp³-hybridized carbons (Fsp3) is 0.600. The summed E-state index contributed by atoms with van der Waals surface area (Å²) >= 11 is 0. The first-order valence-corrected chi connectivity index (χ1v) is 6.84. The second-order valence-corrected chi connectivity index (χ2v) is 4.97. The van der Waals surface area contributed by atoms with Crippen LogP contribution in [0.1, 0.15) is 18.6 Å². The van der Waals surface area contributed by atoms with Gasteiger partial charge in [0.2, 0.25) is 0 Å². The van der Waals surface area contributed by atoms with Gasteiger partial charge in [-0.2, -0.15) is 0 Å². The molecule has 0 aliphatic carbocycles. The SMILES string of the molecule is COCCN(CC(O)c1ccc(N)cc1)C(C)COC. The van der Waals surface area contributed by atoms with E-state index in [1.165, 1.54) is 0 Å². The van der Waals surface area contributed by atoms with Gasteiger partial charge in [-0.3, -0.25) is 4.90 Å². The Morgan fingerprint density at radius 3 is 2.40 bits per heavy atom. The van der Waals surface area contributed by atoms with Gasteiger partial charge >= 0.3 is 0 Å². The van der Waals surface area contributed by atoms with Gasteiger partial charge in [-0.15, -0.1) is 0 Å². The van der Waals surface area contributed by atoms with E-state index in [2.05, 4.69) is 11.8 Å². The summed E-state index contributed by atoms with van der Waals surface area (Å²) in [7, 11) is 3.36. The van der Waals surface area contributed by atoms with Crippen molar-refractivity contribution >= 4 is 5.69 Å². The summed E-state index contributed by atoms with van der Waals surface area (Å²) in [6, 6.07) is 7.54. The molecule has 0 heterocycles. The molecule has 0 fully saturated rings. The Labute approximate surface area is 121 Å². The molecule has 5 heteroatoms. The first-order chi connectivity index (χ1) is 9.58. The highest BCUT2D eigenvalue weighted by atomic mass is 16.5. The number of methoxy groups -OCH3 is 2. The van der Waals surface area contributed by atoms with Crippen LogP contribution in [-0.2, 0) is 9.47 Å². The van der Waals surface area contributed by atoms with Crippen LogP contribution < -0.4 is 5.73 Å². The smallest absolute Gasteiger partial charge is 0.0917 e. The van der Waals surface area contributed by atoms with Gasteiger partial charge in [0.15, 0.2) is 0 Å². The fourth-order valence-electron chi connectivity index (χ4n) is 2.09. The number of anilines is 1. The standard InChI is InChI=1S/C15H26N2O3/c1-12(11-20-3)17(8-9-19-2)10-15(18)13-4-6-14(16)7-5-13/h4-7,12,15,18H,8-11,16H2,1-3H3. The molecule has 0 radical (unpaired) electrons. The second kappa shape index (κ2) is 8.92. The largest absolute Gasteiger partial charge is 0.399 e. The lowest BCUT2D eigenvalue weighted by molar-refractivity contribution is 0.0386. The van der Waals surface area contributed by atoms with E-state index in [-0.39, 0.29) is 6.04 Å². The summed E-state index contributed by atoms with van der Waals surface area (Å²) in [5.41, 5.74) is 7.22. The number of ether oxygens (including phenoxy) is 2. The van der Waals surface area contributed by atoms with Crippen molar-refractivity contribution < 1.29 is 14.6 Å². The summed E-state index contributed by atoms with van der Waals surface area (Å²) < 4.78 is 10.3. The lowest BCUT2D eigenvalue weighted by Gasteiger charge is -2.30. The summed E-state index contributed by atoms with van der Waals surface area (Å²) in [4.78, 5) is 2.16. The maximum atomic E-state index is 10.3. The summed E-state index contributed by atoms with van der Waals surface area (Å²) in [6.45, 7) is 4.63. The van der Waals surface area contributed by atoms with E-state index in [0.29, 0.717) is 25.4 Å². The van der Waals surface area contributed by atoms with Gasteiger partial charge in [-0.05, 0) is 24.6 Å². The molecule has 0 saturated carbocycles. The fourth-order valence-corrected chi connectivity index (χ4v) is 2.09. The molecule has 0 aliphatic rings. The number of nitrogens with two attached hydrogens (primary N) is 1. The summed E-state index contributed by atoms with van der Waals surface area (Å²) in [6.07, 6.45) is -0.549. The molecule has 0 amide bonds. The molecule has 2 atom stereocenters. The normalized spacial score (nSPS) is 14.4. The van der Waals surface area contributed by atoms with Crippen molar-refractivity contribution in [2.75, 3.05) is 46.3 Å². The first kappa shape index (κ1) is 16.9. The van der Waals surface area contributed by atoms with Gasteiger partial charge in [-0.1, -0.05) is 12.1 Å². The topological polar surface area (TPSA) is 68.0 Å². The van der Waals surface area contributed by atoms with Crippen LogP contribution in [0.5, 0.6) is 0 Å². The molecule has 1 aromatic rings. The van der Waals surface area contributed by atoms with Gasteiger partial charge in [0.25, 0.3) is 0 Å². The highest BCUT2D eigenvalue weighted by Crippen LogP contribution is 2.17. The van der Waals surface area contributed by atoms with Crippen LogP contribution in [0.2, 0.25) is 0 Å². The second-order valence-electron chi connectivity index (χ2n) is 4.97. The first-order valence-electron chi connectivity index (χ1n) is 6.84. The van der Waals surface area contributed by atoms with Gasteiger partial charge in [-0.25, -0.2) is 0 Å². The van der Waals surface area contributed by atoms with Crippen LogP contribution in [0.4, 0.5) is 5.69 Å². The van der Waals surface area contributed by atoms with Crippen molar-refractivity contribution in [1.29, 1.82) is 0 Å². The van der Waals surface area contributed by atoms with Crippen LogP contribution in [0, 0.1) is 0 Å². The number of rotatable bonds is 9. The third-order valence-electron chi connectivity index (χ3n) is 3.34. The molecule has 1 aromatic carbocycles. The summed E-state index contributed by atoms with van der Waals surface area (Å²) in [5, 5.41) is 10.3.